The first-order chi connectivity index (χ1) is 15.9. The fourth-order valence-electron chi connectivity index (χ4n) is 4.27. The van der Waals surface area contributed by atoms with Crippen LogP contribution < -0.4 is 10.6 Å². The number of esters is 1. The Hall–Kier alpha value is -4.19. The Morgan fingerprint density at radius 1 is 1.15 bits per heavy atom. The van der Waals surface area contributed by atoms with Crippen molar-refractivity contribution in [3.8, 4) is 6.07 Å². The van der Waals surface area contributed by atoms with Crippen LogP contribution in [0.4, 0.5) is 10.5 Å². The topological polar surface area (TPSA) is 129 Å². The Bertz CT molecular complexity index is 1150. The number of rotatable bonds is 6. The smallest absolute Gasteiger partial charge is 0.326 e. The highest BCUT2D eigenvalue weighted by molar-refractivity contribution is 6.09. The highest BCUT2D eigenvalue weighted by Gasteiger charge is 2.54. The first-order valence-electron chi connectivity index (χ1n) is 10.6. The van der Waals surface area contributed by atoms with E-state index in [9.17, 15) is 19.2 Å². The van der Waals surface area contributed by atoms with Crippen molar-refractivity contribution in [1.29, 1.82) is 5.26 Å². The molecule has 168 valence electrons. The van der Waals surface area contributed by atoms with Crippen LogP contribution in [0.1, 0.15) is 29.5 Å². The summed E-state index contributed by atoms with van der Waals surface area (Å²) in [5.74, 6) is -1.91. The molecule has 33 heavy (non-hydrogen) atoms. The Kier molecular flexibility index (Phi) is 6.09. The number of nitriles is 1. The molecule has 1 atom stereocenters. The molecule has 1 aliphatic heterocycles. The first-order valence-corrected chi connectivity index (χ1v) is 10.6. The molecule has 1 unspecified atom stereocenters. The van der Waals surface area contributed by atoms with Crippen LogP contribution in [0.25, 0.3) is 0 Å². The zero-order chi connectivity index (χ0) is 23.4. The molecule has 0 saturated carbocycles. The number of nitrogens with zero attached hydrogens (tertiary/aromatic N) is 2. The minimum atomic E-state index is -1.17. The molecule has 4 rings (SSSR count). The number of amides is 4. The summed E-state index contributed by atoms with van der Waals surface area (Å²) in [6.45, 7) is -1.14. The molecule has 1 heterocycles. The van der Waals surface area contributed by atoms with E-state index in [0.717, 1.165) is 34.4 Å². The van der Waals surface area contributed by atoms with Gasteiger partial charge in [0.2, 0.25) is 0 Å². The Labute approximate surface area is 190 Å². The monoisotopic (exact) mass is 446 g/mol. The number of hydrogen-bond acceptors (Lipinski definition) is 6. The summed E-state index contributed by atoms with van der Waals surface area (Å²) in [6.07, 6.45) is 2.27. The molecular weight excluding hydrogens is 424 g/mol. The second-order valence-corrected chi connectivity index (χ2v) is 7.98. The number of nitrogens with one attached hydrogen (secondary N) is 2. The Balaban J connectivity index is 1.33. The molecule has 4 amide bonds. The number of urea groups is 1. The average Bonchev–Trinajstić information content (AvgIpc) is 3.04. The number of carbonyl (C=O) groups is 4. The minimum Gasteiger partial charge on any atom is -0.454 e. The summed E-state index contributed by atoms with van der Waals surface area (Å²) in [7, 11) is 0. The fourth-order valence-corrected chi connectivity index (χ4v) is 4.27. The van der Waals surface area contributed by atoms with Crippen LogP contribution in [0.2, 0.25) is 0 Å². The number of ether oxygens (including phenoxy) is 1. The number of imide groups is 1. The molecule has 2 aromatic rings. The third-order valence-electron chi connectivity index (χ3n) is 5.82. The molecule has 1 aliphatic carbocycles. The highest BCUT2D eigenvalue weighted by atomic mass is 16.5. The molecule has 9 heteroatoms. The van der Waals surface area contributed by atoms with Gasteiger partial charge in [0, 0.05) is 5.69 Å². The maximum absolute atomic E-state index is 13.2. The van der Waals surface area contributed by atoms with Gasteiger partial charge in [0.25, 0.3) is 11.8 Å². The first kappa shape index (κ1) is 22.0. The van der Waals surface area contributed by atoms with E-state index in [4.69, 9.17) is 10.00 Å². The van der Waals surface area contributed by atoms with Crippen LogP contribution in [-0.4, -0.2) is 41.9 Å². The summed E-state index contributed by atoms with van der Waals surface area (Å²) in [5, 5.41) is 14.0. The van der Waals surface area contributed by atoms with E-state index in [2.05, 4.69) is 10.6 Å². The summed E-state index contributed by atoms with van der Waals surface area (Å²) >= 11 is 0. The van der Waals surface area contributed by atoms with Crippen molar-refractivity contribution in [2.24, 2.45) is 0 Å². The quantitative estimate of drug-likeness (QED) is 0.516. The standard InChI is InChI=1S/C24H22N4O5/c25-13-11-16-7-9-18(10-8-16)26-20(29)15-33-21(30)14-28-22(31)24(27-23(28)32)12-3-5-17-4-1-2-6-19(17)24/h1-2,4,6-10H,3,5,11-12,14-15H2,(H,26,29)(H,27,32). The number of benzene rings is 2. The summed E-state index contributed by atoms with van der Waals surface area (Å²) in [4.78, 5) is 50.9. The van der Waals surface area contributed by atoms with Gasteiger partial charge >= 0.3 is 12.0 Å². The van der Waals surface area contributed by atoms with Crippen molar-refractivity contribution in [2.45, 2.75) is 31.2 Å². The van der Waals surface area contributed by atoms with Gasteiger partial charge in [-0.05, 0) is 48.1 Å². The molecule has 1 saturated heterocycles. The van der Waals surface area contributed by atoms with Gasteiger partial charge in [0.05, 0.1) is 12.5 Å². The van der Waals surface area contributed by atoms with Gasteiger partial charge in [-0.3, -0.25) is 19.3 Å². The van der Waals surface area contributed by atoms with E-state index in [1.165, 1.54) is 0 Å². The molecule has 0 bridgehead atoms. The van der Waals surface area contributed by atoms with Crippen molar-refractivity contribution >= 4 is 29.5 Å². The zero-order valence-corrected chi connectivity index (χ0v) is 17.8. The summed E-state index contributed by atoms with van der Waals surface area (Å²) in [6, 6.07) is 15.5. The van der Waals surface area contributed by atoms with Gasteiger partial charge in [0.1, 0.15) is 12.1 Å². The van der Waals surface area contributed by atoms with Crippen LogP contribution in [0.3, 0.4) is 0 Å². The zero-order valence-electron chi connectivity index (χ0n) is 17.8. The molecule has 2 aliphatic rings. The second-order valence-electron chi connectivity index (χ2n) is 7.98. The Morgan fingerprint density at radius 2 is 1.91 bits per heavy atom. The van der Waals surface area contributed by atoms with Crippen molar-refractivity contribution in [3.05, 3.63) is 65.2 Å². The lowest BCUT2D eigenvalue weighted by atomic mass is 9.76. The largest absolute Gasteiger partial charge is 0.454 e. The maximum Gasteiger partial charge on any atom is 0.326 e. The molecule has 2 N–H and O–H groups in total. The van der Waals surface area contributed by atoms with E-state index in [1.807, 2.05) is 30.3 Å². The fraction of sp³-hybridized carbons (Fsp3) is 0.292. The van der Waals surface area contributed by atoms with Gasteiger partial charge in [-0.15, -0.1) is 0 Å². The van der Waals surface area contributed by atoms with E-state index in [0.29, 0.717) is 12.1 Å². The summed E-state index contributed by atoms with van der Waals surface area (Å²) < 4.78 is 4.97. The van der Waals surface area contributed by atoms with Gasteiger partial charge < -0.3 is 15.4 Å². The molecule has 1 spiro atoms. The van der Waals surface area contributed by atoms with Crippen molar-refractivity contribution in [3.63, 3.8) is 0 Å². The van der Waals surface area contributed by atoms with Crippen LogP contribution >= 0.6 is 0 Å². The molecule has 9 nitrogen and oxygen atoms in total. The molecule has 1 fully saturated rings. The average molecular weight is 446 g/mol. The van der Waals surface area contributed by atoms with Crippen LogP contribution in [-0.2, 0) is 37.5 Å². The normalized spacial score (nSPS) is 18.9. The van der Waals surface area contributed by atoms with E-state index in [-0.39, 0.29) is 6.42 Å². The second kappa shape index (κ2) is 9.12. The third-order valence-corrected chi connectivity index (χ3v) is 5.82. The maximum atomic E-state index is 13.2. The van der Waals surface area contributed by atoms with Gasteiger partial charge in [-0.2, -0.15) is 5.26 Å². The molecule has 0 aromatic heterocycles. The number of hydrogen-bond donors (Lipinski definition) is 2. The number of aryl methyl sites for hydroxylation is 1. The SMILES string of the molecule is N#CCc1ccc(NC(=O)COC(=O)CN2C(=O)NC3(CCCc4ccccc43)C2=O)cc1. The van der Waals surface area contributed by atoms with Gasteiger partial charge in [0.15, 0.2) is 6.61 Å². The molecule has 2 aromatic carbocycles. The number of fused-ring (bicyclic) bond motifs is 2. The van der Waals surface area contributed by atoms with Crippen molar-refractivity contribution in [2.75, 3.05) is 18.5 Å². The van der Waals surface area contributed by atoms with Crippen molar-refractivity contribution in [1.82, 2.24) is 10.2 Å². The Morgan fingerprint density at radius 3 is 2.67 bits per heavy atom. The predicted octanol–water partition coefficient (Wildman–Crippen LogP) is 2.02. The lowest BCUT2D eigenvalue weighted by Crippen LogP contribution is -2.46. The van der Waals surface area contributed by atoms with Crippen LogP contribution in [0.15, 0.2) is 48.5 Å². The summed E-state index contributed by atoms with van der Waals surface area (Å²) in [5.41, 5.74) is 1.89. The lowest BCUT2D eigenvalue weighted by molar-refractivity contribution is -0.150. The van der Waals surface area contributed by atoms with E-state index in [1.54, 1.807) is 24.3 Å². The molecular formula is C24H22N4O5. The van der Waals surface area contributed by atoms with Crippen LogP contribution in [0.5, 0.6) is 0 Å². The minimum absolute atomic E-state index is 0.265. The van der Waals surface area contributed by atoms with Crippen molar-refractivity contribution < 1.29 is 23.9 Å². The lowest BCUT2D eigenvalue weighted by Gasteiger charge is -2.33. The number of carbonyl (C=O) groups excluding carboxylic acids is 4. The highest BCUT2D eigenvalue weighted by Crippen LogP contribution is 2.39. The third kappa shape index (κ3) is 4.41. The number of anilines is 1. The predicted molar refractivity (Wildman–Crippen MR) is 117 cm³/mol. The van der Waals surface area contributed by atoms with Gasteiger partial charge in [-0.1, -0.05) is 36.4 Å². The molecule has 0 radical (unpaired) electrons. The van der Waals surface area contributed by atoms with Crippen LogP contribution in [0, 0.1) is 11.3 Å². The van der Waals surface area contributed by atoms with Gasteiger partial charge in [-0.25, -0.2) is 4.79 Å². The van der Waals surface area contributed by atoms with E-state index < -0.39 is 42.5 Å². The van der Waals surface area contributed by atoms with E-state index >= 15 is 0 Å².